The molecule has 0 atom stereocenters. The highest BCUT2D eigenvalue weighted by Gasteiger charge is 2.16. The van der Waals surface area contributed by atoms with Gasteiger partial charge in [0.25, 0.3) is 0 Å². The smallest absolute Gasteiger partial charge is 0.336 e. The average Bonchev–Trinajstić information content (AvgIpc) is 2.64. The first-order chi connectivity index (χ1) is 7.58. The van der Waals surface area contributed by atoms with Gasteiger partial charge in [0.15, 0.2) is 0 Å². The molecule has 0 saturated carbocycles. The Hall–Kier alpha value is -2.24. The van der Waals surface area contributed by atoms with Gasteiger partial charge in [-0.15, -0.1) is 10.2 Å². The van der Waals surface area contributed by atoms with E-state index in [4.69, 9.17) is 9.52 Å². The molecule has 1 heterocycles. The molecule has 0 aliphatic rings. The molecule has 2 aromatic rings. The maximum absolute atomic E-state index is 13.0. The molecule has 0 aliphatic heterocycles. The number of aryl methyl sites for hydroxylation is 1. The number of nitrogens with zero attached hydrogens (tertiary/aromatic N) is 2. The fourth-order valence-electron chi connectivity index (χ4n) is 1.29. The van der Waals surface area contributed by atoms with Gasteiger partial charge in [0.2, 0.25) is 11.8 Å². The number of halogens is 1. The summed E-state index contributed by atoms with van der Waals surface area (Å²) in [5, 5.41) is 16.1. The van der Waals surface area contributed by atoms with E-state index in [1.165, 1.54) is 0 Å². The molecule has 0 saturated heterocycles. The lowest BCUT2D eigenvalue weighted by Crippen LogP contribution is -2.00. The number of benzene rings is 1. The van der Waals surface area contributed by atoms with Gasteiger partial charge >= 0.3 is 5.97 Å². The van der Waals surface area contributed by atoms with Gasteiger partial charge in [-0.3, -0.25) is 0 Å². The summed E-state index contributed by atoms with van der Waals surface area (Å²) in [6, 6.07) is 3.28. The van der Waals surface area contributed by atoms with Crippen molar-refractivity contribution in [2.24, 2.45) is 0 Å². The van der Waals surface area contributed by atoms with Gasteiger partial charge in [0.05, 0.1) is 11.1 Å². The first-order valence-electron chi connectivity index (χ1n) is 4.41. The first-order valence-corrected chi connectivity index (χ1v) is 4.41. The zero-order chi connectivity index (χ0) is 11.7. The first kappa shape index (κ1) is 10.3. The standard InChI is InChI=1S/C10H7FN2O3/c1-5-12-13-9(16-5)8-4-6(11)2-3-7(8)10(14)15/h2-4H,1H3,(H,14,15). The number of hydrogen-bond donors (Lipinski definition) is 1. The summed E-state index contributed by atoms with van der Waals surface area (Å²) in [5.74, 6) is -1.45. The molecule has 0 amide bonds. The van der Waals surface area contributed by atoms with Gasteiger partial charge in [-0.25, -0.2) is 9.18 Å². The molecule has 5 nitrogen and oxygen atoms in total. The third-order valence-corrected chi connectivity index (χ3v) is 1.97. The Morgan fingerprint density at radius 3 is 2.75 bits per heavy atom. The third kappa shape index (κ3) is 1.77. The molecule has 1 N–H and O–H groups in total. The largest absolute Gasteiger partial charge is 0.478 e. The van der Waals surface area contributed by atoms with E-state index in [0.29, 0.717) is 0 Å². The van der Waals surface area contributed by atoms with Crippen LogP contribution in [-0.4, -0.2) is 21.3 Å². The van der Waals surface area contributed by atoms with Crippen LogP contribution < -0.4 is 0 Å². The van der Waals surface area contributed by atoms with Crippen LogP contribution in [0.5, 0.6) is 0 Å². The van der Waals surface area contributed by atoms with E-state index in [1.54, 1.807) is 6.92 Å². The summed E-state index contributed by atoms with van der Waals surface area (Å²) in [7, 11) is 0. The molecule has 16 heavy (non-hydrogen) atoms. The minimum Gasteiger partial charge on any atom is -0.478 e. The highest BCUT2D eigenvalue weighted by Crippen LogP contribution is 2.23. The highest BCUT2D eigenvalue weighted by molar-refractivity contribution is 5.94. The number of carboxylic acids is 1. The number of carbonyl (C=O) groups is 1. The Morgan fingerprint density at radius 1 is 1.44 bits per heavy atom. The number of carboxylic acid groups (broad SMARTS) is 1. The van der Waals surface area contributed by atoms with Crippen molar-refractivity contribution >= 4 is 5.97 Å². The van der Waals surface area contributed by atoms with Crippen LogP contribution in [0, 0.1) is 12.7 Å². The Bertz CT molecular complexity index is 551. The van der Waals surface area contributed by atoms with Gasteiger partial charge in [0.1, 0.15) is 5.82 Å². The monoisotopic (exact) mass is 222 g/mol. The predicted octanol–water partition coefficient (Wildman–Crippen LogP) is 1.88. The van der Waals surface area contributed by atoms with Gasteiger partial charge in [-0.1, -0.05) is 0 Å². The minimum absolute atomic E-state index is 0.00519. The van der Waals surface area contributed by atoms with Gasteiger partial charge in [-0.05, 0) is 18.2 Å². The Morgan fingerprint density at radius 2 is 2.19 bits per heavy atom. The molecule has 0 fully saturated rings. The van der Waals surface area contributed by atoms with Crippen LogP contribution in [0.2, 0.25) is 0 Å². The van der Waals surface area contributed by atoms with Crippen molar-refractivity contribution in [2.45, 2.75) is 6.92 Å². The lowest BCUT2D eigenvalue weighted by molar-refractivity contribution is 0.0697. The van der Waals surface area contributed by atoms with Gasteiger partial charge in [0, 0.05) is 6.92 Å². The van der Waals surface area contributed by atoms with Crippen molar-refractivity contribution in [3.63, 3.8) is 0 Å². The van der Waals surface area contributed by atoms with Crippen LogP contribution in [0.1, 0.15) is 16.2 Å². The molecule has 0 bridgehead atoms. The average molecular weight is 222 g/mol. The molecule has 1 aromatic carbocycles. The van der Waals surface area contributed by atoms with Crippen LogP contribution >= 0.6 is 0 Å². The maximum atomic E-state index is 13.0. The predicted molar refractivity (Wildman–Crippen MR) is 51.4 cm³/mol. The molecule has 6 heteroatoms. The SMILES string of the molecule is Cc1nnc(-c2cc(F)ccc2C(=O)O)o1. The van der Waals surface area contributed by atoms with E-state index < -0.39 is 11.8 Å². The zero-order valence-corrected chi connectivity index (χ0v) is 8.27. The summed E-state index contributed by atoms with van der Waals surface area (Å²) >= 11 is 0. The van der Waals surface area contributed by atoms with Crippen molar-refractivity contribution in [1.29, 1.82) is 0 Å². The lowest BCUT2D eigenvalue weighted by atomic mass is 10.1. The van der Waals surface area contributed by atoms with E-state index in [-0.39, 0.29) is 22.9 Å². The van der Waals surface area contributed by atoms with Crippen LogP contribution in [-0.2, 0) is 0 Å². The molecule has 82 valence electrons. The van der Waals surface area contributed by atoms with Gasteiger partial charge < -0.3 is 9.52 Å². The topological polar surface area (TPSA) is 76.2 Å². The Balaban J connectivity index is 2.62. The number of aromatic carboxylic acids is 1. The van der Waals surface area contributed by atoms with Crippen LogP contribution in [0.3, 0.4) is 0 Å². The van der Waals surface area contributed by atoms with E-state index in [0.717, 1.165) is 18.2 Å². The quantitative estimate of drug-likeness (QED) is 0.839. The summed E-state index contributed by atoms with van der Waals surface area (Å²) < 4.78 is 18.1. The summed E-state index contributed by atoms with van der Waals surface area (Å²) in [4.78, 5) is 10.9. The molecule has 0 radical (unpaired) electrons. The molecule has 0 spiro atoms. The van der Waals surface area contributed by atoms with Crippen LogP contribution in [0.4, 0.5) is 4.39 Å². The highest BCUT2D eigenvalue weighted by atomic mass is 19.1. The second-order valence-electron chi connectivity index (χ2n) is 3.12. The van der Waals surface area contributed by atoms with E-state index in [9.17, 15) is 9.18 Å². The van der Waals surface area contributed by atoms with Crippen molar-refractivity contribution < 1.29 is 18.7 Å². The van der Waals surface area contributed by atoms with Gasteiger partial charge in [-0.2, -0.15) is 0 Å². The number of aromatic nitrogens is 2. The summed E-state index contributed by atoms with van der Waals surface area (Å²) in [5.41, 5.74) is -0.00171. The molecular formula is C10H7FN2O3. The number of hydrogen-bond acceptors (Lipinski definition) is 4. The fourth-order valence-corrected chi connectivity index (χ4v) is 1.29. The maximum Gasteiger partial charge on any atom is 0.336 e. The lowest BCUT2D eigenvalue weighted by Gasteiger charge is -2.01. The normalized spacial score (nSPS) is 10.4. The van der Waals surface area contributed by atoms with E-state index in [2.05, 4.69) is 10.2 Å². The minimum atomic E-state index is -1.18. The molecule has 0 aliphatic carbocycles. The van der Waals surface area contributed by atoms with E-state index >= 15 is 0 Å². The van der Waals surface area contributed by atoms with Crippen LogP contribution in [0.15, 0.2) is 22.6 Å². The third-order valence-electron chi connectivity index (χ3n) is 1.97. The van der Waals surface area contributed by atoms with Crippen molar-refractivity contribution in [3.05, 3.63) is 35.5 Å². The van der Waals surface area contributed by atoms with Crippen LogP contribution in [0.25, 0.3) is 11.5 Å². The second kappa shape index (κ2) is 3.73. The fraction of sp³-hybridized carbons (Fsp3) is 0.100. The van der Waals surface area contributed by atoms with Crippen molar-refractivity contribution in [3.8, 4) is 11.5 Å². The summed E-state index contributed by atoms with van der Waals surface area (Å²) in [6.45, 7) is 1.57. The number of rotatable bonds is 2. The molecular weight excluding hydrogens is 215 g/mol. The second-order valence-corrected chi connectivity index (χ2v) is 3.12. The Kier molecular flexibility index (Phi) is 2.40. The summed E-state index contributed by atoms with van der Waals surface area (Å²) in [6.07, 6.45) is 0. The zero-order valence-electron chi connectivity index (χ0n) is 8.27. The van der Waals surface area contributed by atoms with Crippen molar-refractivity contribution in [1.82, 2.24) is 10.2 Å². The van der Waals surface area contributed by atoms with E-state index in [1.807, 2.05) is 0 Å². The molecule has 1 aromatic heterocycles. The molecule has 2 rings (SSSR count). The van der Waals surface area contributed by atoms with Crippen molar-refractivity contribution in [2.75, 3.05) is 0 Å². The molecule has 0 unspecified atom stereocenters. The Labute approximate surface area is 89.5 Å².